The molecule has 0 saturated heterocycles. The van der Waals surface area contributed by atoms with Crippen LogP contribution in [0.4, 0.5) is 13.2 Å². The average Bonchev–Trinajstić information content (AvgIpc) is 2.45. The monoisotopic (exact) mass is 338 g/mol. The quantitative estimate of drug-likeness (QED) is 0.508. The Balaban J connectivity index is 2.06. The van der Waals surface area contributed by atoms with Gasteiger partial charge in [-0.25, -0.2) is 13.8 Å². The number of alkyl halides is 3. The maximum atomic E-state index is 11.9. The molecule has 0 aliphatic heterocycles. The molecule has 0 saturated carbocycles. The smallest absolute Gasteiger partial charge is 0.244 e. The first-order chi connectivity index (χ1) is 10.3. The summed E-state index contributed by atoms with van der Waals surface area (Å²) in [6.45, 7) is 0.436. The standard InChI is InChI=1S/C14H21F3N2O2S/c15-14(16,17)11-7-2-1-3-8-12-18-19-22(20,21)13-9-5-4-6-10-13/h4-6,9-10,18-19H,1-3,7-8,11-12H2. The molecule has 0 aliphatic carbocycles. The van der Waals surface area contributed by atoms with E-state index in [9.17, 15) is 21.6 Å². The van der Waals surface area contributed by atoms with E-state index in [0.29, 0.717) is 25.8 Å². The zero-order chi connectivity index (χ0) is 16.5. The minimum atomic E-state index is -4.07. The highest BCUT2D eigenvalue weighted by atomic mass is 32.2. The molecule has 0 spiro atoms. The fraction of sp³-hybridized carbons (Fsp3) is 0.571. The van der Waals surface area contributed by atoms with Crippen LogP contribution in [0, 0.1) is 0 Å². The second-order valence-electron chi connectivity index (χ2n) is 4.98. The summed E-state index contributed by atoms with van der Waals surface area (Å²) >= 11 is 0. The summed E-state index contributed by atoms with van der Waals surface area (Å²) in [5.41, 5.74) is 2.62. The van der Waals surface area contributed by atoms with Crippen molar-refractivity contribution >= 4 is 10.0 Å². The van der Waals surface area contributed by atoms with E-state index < -0.39 is 22.6 Å². The van der Waals surface area contributed by atoms with Crippen LogP contribution in [-0.2, 0) is 10.0 Å². The molecule has 1 rings (SSSR count). The number of hydrazine groups is 1. The molecule has 126 valence electrons. The van der Waals surface area contributed by atoms with Crippen molar-refractivity contribution in [2.45, 2.75) is 49.6 Å². The first-order valence-electron chi connectivity index (χ1n) is 7.18. The number of unbranched alkanes of at least 4 members (excludes halogenated alkanes) is 4. The van der Waals surface area contributed by atoms with E-state index in [1.807, 2.05) is 0 Å². The molecule has 0 aliphatic rings. The summed E-state index contributed by atoms with van der Waals surface area (Å²) < 4.78 is 59.4. The van der Waals surface area contributed by atoms with Gasteiger partial charge in [-0.05, 0) is 25.0 Å². The lowest BCUT2D eigenvalue weighted by molar-refractivity contribution is -0.135. The molecule has 1 aromatic carbocycles. The Labute approximate surface area is 129 Å². The zero-order valence-corrected chi connectivity index (χ0v) is 13.0. The molecule has 22 heavy (non-hydrogen) atoms. The summed E-state index contributed by atoms with van der Waals surface area (Å²) in [7, 11) is -3.56. The van der Waals surface area contributed by atoms with Gasteiger partial charge in [-0.2, -0.15) is 13.2 Å². The number of nitrogens with one attached hydrogen (secondary N) is 2. The molecule has 0 fully saturated rings. The SMILES string of the molecule is O=S(=O)(NNCCCCCCCC(F)(F)F)c1ccccc1. The molecule has 8 heteroatoms. The van der Waals surface area contributed by atoms with Crippen LogP contribution in [-0.4, -0.2) is 21.1 Å². The van der Waals surface area contributed by atoms with Gasteiger partial charge < -0.3 is 0 Å². The third-order valence-corrected chi connectivity index (χ3v) is 4.33. The van der Waals surface area contributed by atoms with Gasteiger partial charge in [0.2, 0.25) is 0 Å². The van der Waals surface area contributed by atoms with E-state index in [1.54, 1.807) is 18.2 Å². The highest BCUT2D eigenvalue weighted by molar-refractivity contribution is 7.89. The third-order valence-electron chi connectivity index (χ3n) is 3.02. The summed E-state index contributed by atoms with van der Waals surface area (Å²) in [5, 5.41) is 0. The molecule has 4 nitrogen and oxygen atoms in total. The van der Waals surface area contributed by atoms with Crippen molar-refractivity contribution in [3.05, 3.63) is 30.3 Å². The fourth-order valence-corrected chi connectivity index (χ4v) is 2.80. The second kappa shape index (κ2) is 9.12. The number of sulfonamides is 1. The molecule has 0 unspecified atom stereocenters. The highest BCUT2D eigenvalue weighted by Gasteiger charge is 2.25. The van der Waals surface area contributed by atoms with Gasteiger partial charge in [0.25, 0.3) is 10.0 Å². The zero-order valence-electron chi connectivity index (χ0n) is 12.2. The van der Waals surface area contributed by atoms with Gasteiger partial charge in [-0.3, -0.25) is 0 Å². The molecule has 0 bridgehead atoms. The molecular formula is C14H21F3N2O2S. The number of hydrogen-bond donors (Lipinski definition) is 2. The molecule has 0 heterocycles. The van der Waals surface area contributed by atoms with Gasteiger partial charge in [-0.1, -0.05) is 37.5 Å². The van der Waals surface area contributed by atoms with Crippen molar-refractivity contribution in [2.75, 3.05) is 6.54 Å². The molecule has 0 radical (unpaired) electrons. The van der Waals surface area contributed by atoms with E-state index in [4.69, 9.17) is 0 Å². The van der Waals surface area contributed by atoms with Crippen LogP contribution < -0.4 is 10.3 Å². The Kier molecular flexibility index (Phi) is 7.84. The van der Waals surface area contributed by atoms with Crippen LogP contribution in [0.15, 0.2) is 35.2 Å². The fourth-order valence-electron chi connectivity index (χ4n) is 1.87. The minimum Gasteiger partial charge on any atom is -0.244 e. The predicted molar refractivity (Wildman–Crippen MR) is 78.5 cm³/mol. The van der Waals surface area contributed by atoms with E-state index in [0.717, 1.165) is 6.42 Å². The van der Waals surface area contributed by atoms with Crippen molar-refractivity contribution in [1.82, 2.24) is 10.3 Å². The van der Waals surface area contributed by atoms with Gasteiger partial charge in [0.1, 0.15) is 0 Å². The van der Waals surface area contributed by atoms with E-state index in [-0.39, 0.29) is 11.3 Å². The molecule has 1 aromatic rings. The first-order valence-corrected chi connectivity index (χ1v) is 8.66. The van der Waals surface area contributed by atoms with Crippen LogP contribution in [0.3, 0.4) is 0 Å². The lowest BCUT2D eigenvalue weighted by Gasteiger charge is -2.08. The van der Waals surface area contributed by atoms with Crippen molar-refractivity contribution in [2.24, 2.45) is 0 Å². The molecular weight excluding hydrogens is 317 g/mol. The molecule has 0 atom stereocenters. The number of halogens is 3. The van der Waals surface area contributed by atoms with Crippen LogP contribution >= 0.6 is 0 Å². The van der Waals surface area contributed by atoms with Gasteiger partial charge in [0.15, 0.2) is 0 Å². The second-order valence-corrected chi connectivity index (χ2v) is 6.66. The van der Waals surface area contributed by atoms with Crippen molar-refractivity contribution in [3.63, 3.8) is 0 Å². The van der Waals surface area contributed by atoms with E-state index in [2.05, 4.69) is 10.3 Å². The maximum absolute atomic E-state index is 11.9. The Morgan fingerprint density at radius 2 is 1.50 bits per heavy atom. The van der Waals surface area contributed by atoms with Crippen LogP contribution in [0.5, 0.6) is 0 Å². The topological polar surface area (TPSA) is 58.2 Å². The largest absolute Gasteiger partial charge is 0.389 e. The Bertz CT molecular complexity index is 519. The third kappa shape index (κ3) is 8.35. The summed E-state index contributed by atoms with van der Waals surface area (Å²) in [6, 6.07) is 7.98. The first kappa shape index (κ1) is 18.9. The number of benzene rings is 1. The normalized spacial score (nSPS) is 12.5. The van der Waals surface area contributed by atoms with Gasteiger partial charge in [0.05, 0.1) is 4.90 Å². The van der Waals surface area contributed by atoms with Crippen LogP contribution in [0.25, 0.3) is 0 Å². The minimum absolute atomic E-state index is 0.150. The Morgan fingerprint density at radius 1 is 0.909 bits per heavy atom. The number of hydrogen-bond acceptors (Lipinski definition) is 3. The van der Waals surface area contributed by atoms with Gasteiger partial charge in [-0.15, -0.1) is 4.83 Å². The lowest BCUT2D eigenvalue weighted by Crippen LogP contribution is -2.37. The van der Waals surface area contributed by atoms with Crippen molar-refractivity contribution < 1.29 is 21.6 Å². The predicted octanol–water partition coefficient (Wildman–Crippen LogP) is 3.37. The molecule has 0 aromatic heterocycles. The summed E-state index contributed by atoms with van der Waals surface area (Å²) in [4.78, 5) is 2.45. The Hall–Kier alpha value is -1.12. The van der Waals surface area contributed by atoms with Crippen molar-refractivity contribution in [3.8, 4) is 0 Å². The number of rotatable bonds is 10. The highest BCUT2D eigenvalue weighted by Crippen LogP contribution is 2.22. The van der Waals surface area contributed by atoms with Crippen LogP contribution in [0.2, 0.25) is 0 Å². The summed E-state index contributed by atoms with van der Waals surface area (Å²) in [6.07, 6.45) is -1.95. The van der Waals surface area contributed by atoms with Gasteiger partial charge >= 0.3 is 6.18 Å². The van der Waals surface area contributed by atoms with Crippen molar-refractivity contribution in [1.29, 1.82) is 0 Å². The summed E-state index contributed by atoms with van der Waals surface area (Å²) in [5.74, 6) is 0. The maximum Gasteiger partial charge on any atom is 0.389 e. The van der Waals surface area contributed by atoms with E-state index in [1.165, 1.54) is 12.1 Å². The average molecular weight is 338 g/mol. The lowest BCUT2D eigenvalue weighted by atomic mass is 10.1. The molecule has 0 amide bonds. The molecule has 2 N–H and O–H groups in total. The van der Waals surface area contributed by atoms with Crippen LogP contribution in [0.1, 0.15) is 38.5 Å². The van der Waals surface area contributed by atoms with Gasteiger partial charge in [0, 0.05) is 13.0 Å². The Morgan fingerprint density at radius 3 is 2.14 bits per heavy atom. The van der Waals surface area contributed by atoms with E-state index >= 15 is 0 Å².